The zero-order valence-corrected chi connectivity index (χ0v) is 19.4. The fourth-order valence-electron chi connectivity index (χ4n) is 4.09. The molecule has 0 bridgehead atoms. The lowest BCUT2D eigenvalue weighted by atomic mass is 10.0. The molecule has 9 nitrogen and oxygen atoms in total. The van der Waals surface area contributed by atoms with Crippen LogP contribution in [0.1, 0.15) is 75.7 Å². The van der Waals surface area contributed by atoms with Gasteiger partial charge >= 0.3 is 0 Å². The third-order valence-electron chi connectivity index (χ3n) is 5.82. The van der Waals surface area contributed by atoms with Gasteiger partial charge in [0.25, 0.3) is 0 Å². The minimum absolute atomic E-state index is 0.00925. The van der Waals surface area contributed by atoms with E-state index >= 15 is 0 Å². The minimum atomic E-state index is -0.756. The van der Waals surface area contributed by atoms with E-state index in [9.17, 15) is 14.4 Å². The Bertz CT molecular complexity index is 924. The Hall–Kier alpha value is -3.23. The molecule has 0 aromatic carbocycles. The van der Waals surface area contributed by atoms with Gasteiger partial charge in [-0.1, -0.05) is 31.3 Å². The number of aromatic nitrogens is 2. The van der Waals surface area contributed by atoms with Crippen molar-refractivity contribution in [3.8, 4) is 0 Å². The number of nitrogens with zero attached hydrogens (tertiary/aromatic N) is 3. The molecule has 0 spiro atoms. The molecule has 2 heterocycles. The van der Waals surface area contributed by atoms with Crippen LogP contribution in [0, 0.1) is 6.92 Å². The Balaban J connectivity index is 1.72. The topological polar surface area (TPSA) is 117 Å². The average Bonchev–Trinajstić information content (AvgIpc) is 3.47. The monoisotopic (exact) mass is 455 g/mol. The molecular weight excluding hydrogens is 422 g/mol. The van der Waals surface area contributed by atoms with Gasteiger partial charge in [-0.3, -0.25) is 19.4 Å². The molecule has 33 heavy (non-hydrogen) atoms. The van der Waals surface area contributed by atoms with Crippen molar-refractivity contribution < 1.29 is 18.9 Å². The molecule has 0 radical (unpaired) electrons. The highest BCUT2D eigenvalue weighted by Crippen LogP contribution is 2.25. The van der Waals surface area contributed by atoms with Crippen LogP contribution in [0.15, 0.2) is 35.1 Å². The van der Waals surface area contributed by atoms with Gasteiger partial charge in [-0.2, -0.15) is 0 Å². The molecule has 1 atom stereocenters. The maximum atomic E-state index is 13.4. The molecule has 0 aliphatic heterocycles. The number of carbonyl (C=O) groups is 3. The second kappa shape index (κ2) is 12.1. The molecule has 0 saturated heterocycles. The van der Waals surface area contributed by atoms with E-state index in [4.69, 9.17) is 4.52 Å². The van der Waals surface area contributed by atoms with E-state index in [-0.39, 0.29) is 36.6 Å². The zero-order valence-electron chi connectivity index (χ0n) is 19.4. The molecule has 3 amide bonds. The van der Waals surface area contributed by atoms with Crippen molar-refractivity contribution >= 4 is 23.5 Å². The summed E-state index contributed by atoms with van der Waals surface area (Å²) in [4.78, 5) is 44.6. The van der Waals surface area contributed by atoms with Gasteiger partial charge in [0.1, 0.15) is 11.8 Å². The number of pyridine rings is 1. The van der Waals surface area contributed by atoms with E-state index in [1.165, 1.54) is 0 Å². The van der Waals surface area contributed by atoms with E-state index in [1.54, 1.807) is 42.4 Å². The van der Waals surface area contributed by atoms with Gasteiger partial charge < -0.3 is 20.1 Å². The molecule has 1 aliphatic carbocycles. The number of unbranched alkanes of at least 4 members (excludes halogenated alkanes) is 1. The SMILES string of the molecule is CCCCN(C(=O)CCC(=O)Nc1cc(C)on1)C(C(=O)NC1CCCC1)c1ccncc1. The average molecular weight is 456 g/mol. The van der Waals surface area contributed by atoms with Crippen LogP contribution in [-0.4, -0.2) is 45.3 Å². The summed E-state index contributed by atoms with van der Waals surface area (Å²) in [5.41, 5.74) is 0.715. The molecule has 1 saturated carbocycles. The van der Waals surface area contributed by atoms with Crippen LogP contribution in [0.3, 0.4) is 0 Å². The second-order valence-corrected chi connectivity index (χ2v) is 8.48. The van der Waals surface area contributed by atoms with Gasteiger partial charge in [-0.05, 0) is 43.9 Å². The summed E-state index contributed by atoms with van der Waals surface area (Å²) in [6, 6.07) is 4.53. The minimum Gasteiger partial charge on any atom is -0.360 e. The van der Waals surface area contributed by atoms with E-state index in [2.05, 4.69) is 20.8 Å². The molecule has 2 aromatic heterocycles. The molecule has 1 aliphatic rings. The first-order valence-electron chi connectivity index (χ1n) is 11.7. The molecule has 1 unspecified atom stereocenters. The number of anilines is 1. The highest BCUT2D eigenvalue weighted by atomic mass is 16.5. The van der Waals surface area contributed by atoms with Crippen LogP contribution in [0.25, 0.3) is 0 Å². The van der Waals surface area contributed by atoms with E-state index in [0.717, 1.165) is 38.5 Å². The van der Waals surface area contributed by atoms with Crippen molar-refractivity contribution in [2.45, 2.75) is 77.3 Å². The molecular formula is C24H33N5O4. The van der Waals surface area contributed by atoms with Crippen LogP contribution < -0.4 is 10.6 Å². The largest absolute Gasteiger partial charge is 0.360 e. The first kappa shape index (κ1) is 24.4. The summed E-state index contributed by atoms with van der Waals surface area (Å²) in [6.07, 6.45) is 8.98. The fraction of sp³-hybridized carbons (Fsp3) is 0.542. The Morgan fingerprint density at radius 1 is 1.18 bits per heavy atom. The maximum Gasteiger partial charge on any atom is 0.247 e. The number of nitrogens with one attached hydrogen (secondary N) is 2. The smallest absolute Gasteiger partial charge is 0.247 e. The summed E-state index contributed by atoms with van der Waals surface area (Å²) < 4.78 is 4.95. The first-order valence-corrected chi connectivity index (χ1v) is 11.7. The van der Waals surface area contributed by atoms with Gasteiger partial charge in [0.15, 0.2) is 5.82 Å². The van der Waals surface area contributed by atoms with Crippen LogP contribution in [0.4, 0.5) is 5.82 Å². The lowest BCUT2D eigenvalue weighted by Crippen LogP contribution is -2.46. The van der Waals surface area contributed by atoms with Gasteiger partial charge in [-0.25, -0.2) is 0 Å². The third kappa shape index (κ3) is 7.13. The summed E-state index contributed by atoms with van der Waals surface area (Å²) in [5.74, 6) is 0.153. The number of rotatable bonds is 11. The summed E-state index contributed by atoms with van der Waals surface area (Å²) in [6.45, 7) is 4.20. The van der Waals surface area contributed by atoms with Crippen LogP contribution in [-0.2, 0) is 14.4 Å². The predicted molar refractivity (Wildman–Crippen MR) is 123 cm³/mol. The number of hydrogen-bond donors (Lipinski definition) is 2. The van der Waals surface area contributed by atoms with Crippen molar-refractivity contribution in [2.75, 3.05) is 11.9 Å². The van der Waals surface area contributed by atoms with Crippen LogP contribution >= 0.6 is 0 Å². The van der Waals surface area contributed by atoms with E-state index in [1.807, 2.05) is 6.92 Å². The van der Waals surface area contributed by atoms with Gasteiger partial charge in [0.05, 0.1) is 0 Å². The second-order valence-electron chi connectivity index (χ2n) is 8.48. The molecule has 2 N–H and O–H groups in total. The molecule has 2 aromatic rings. The van der Waals surface area contributed by atoms with E-state index < -0.39 is 6.04 Å². The highest BCUT2D eigenvalue weighted by molar-refractivity contribution is 5.94. The summed E-state index contributed by atoms with van der Waals surface area (Å²) in [7, 11) is 0. The van der Waals surface area contributed by atoms with Crippen molar-refractivity contribution in [3.05, 3.63) is 41.9 Å². The fourth-order valence-corrected chi connectivity index (χ4v) is 4.09. The van der Waals surface area contributed by atoms with Crippen molar-refractivity contribution in [3.63, 3.8) is 0 Å². The standard InChI is InChI=1S/C24H33N5O4/c1-3-4-15-29(22(31)10-9-21(30)27-20-16-17(2)33-28-20)23(18-11-13-25-14-12-18)24(32)26-19-7-5-6-8-19/h11-14,16,19,23H,3-10,15H2,1-2H3,(H,26,32)(H,27,28,30). The number of hydrogen-bond acceptors (Lipinski definition) is 6. The number of amides is 3. The molecule has 178 valence electrons. The summed E-state index contributed by atoms with van der Waals surface area (Å²) in [5, 5.41) is 9.51. The van der Waals surface area contributed by atoms with Gasteiger partial charge in [0, 0.05) is 43.9 Å². The molecule has 1 fully saturated rings. The van der Waals surface area contributed by atoms with Crippen LogP contribution in [0.2, 0.25) is 0 Å². The number of carbonyl (C=O) groups excluding carboxylic acids is 3. The first-order chi connectivity index (χ1) is 16.0. The summed E-state index contributed by atoms with van der Waals surface area (Å²) >= 11 is 0. The Morgan fingerprint density at radius 2 is 1.91 bits per heavy atom. The van der Waals surface area contributed by atoms with Crippen molar-refractivity contribution in [1.82, 2.24) is 20.4 Å². The Labute approximate surface area is 194 Å². The van der Waals surface area contributed by atoms with Crippen LogP contribution in [0.5, 0.6) is 0 Å². The Kier molecular flexibility index (Phi) is 8.97. The van der Waals surface area contributed by atoms with Crippen molar-refractivity contribution in [2.24, 2.45) is 0 Å². The van der Waals surface area contributed by atoms with Gasteiger partial charge in [-0.15, -0.1) is 0 Å². The predicted octanol–water partition coefficient (Wildman–Crippen LogP) is 3.53. The normalized spacial score (nSPS) is 14.6. The molecule has 3 rings (SSSR count). The zero-order chi connectivity index (χ0) is 23.6. The molecule has 9 heteroatoms. The quantitative estimate of drug-likeness (QED) is 0.535. The Morgan fingerprint density at radius 3 is 2.55 bits per heavy atom. The highest BCUT2D eigenvalue weighted by Gasteiger charge is 2.32. The van der Waals surface area contributed by atoms with Crippen molar-refractivity contribution in [1.29, 1.82) is 0 Å². The third-order valence-corrected chi connectivity index (χ3v) is 5.82. The van der Waals surface area contributed by atoms with Gasteiger partial charge in [0.2, 0.25) is 17.7 Å². The number of aryl methyl sites for hydroxylation is 1. The lowest BCUT2D eigenvalue weighted by Gasteiger charge is -2.32. The maximum absolute atomic E-state index is 13.4. The lowest BCUT2D eigenvalue weighted by molar-refractivity contribution is -0.141. The van der Waals surface area contributed by atoms with E-state index in [0.29, 0.717) is 23.7 Å².